The highest BCUT2D eigenvalue weighted by Crippen LogP contribution is 2.01. The number of alkyl halides is 1. The Bertz CT molecular complexity index is 400. The standard InChI is InChI=1S/C9H8BrNO2/c10-4-2-1-3-7-5-8(12)9(13)11-6-7/h5-6,12H,2,4H2,(H,11,13). The molecule has 1 aromatic rings. The SMILES string of the molecule is O=c1[nH]cc(C#CCCBr)cc1O. The van der Waals surface area contributed by atoms with E-state index in [1.807, 2.05) is 0 Å². The molecule has 0 aliphatic heterocycles. The molecular weight excluding hydrogens is 234 g/mol. The number of pyridine rings is 1. The van der Waals surface area contributed by atoms with Crippen LogP contribution in [0.5, 0.6) is 5.75 Å². The van der Waals surface area contributed by atoms with E-state index in [2.05, 4.69) is 32.8 Å². The smallest absolute Gasteiger partial charge is 0.290 e. The van der Waals surface area contributed by atoms with Gasteiger partial charge in [0.2, 0.25) is 0 Å². The summed E-state index contributed by atoms with van der Waals surface area (Å²) in [5.41, 5.74) is 0.115. The highest BCUT2D eigenvalue weighted by atomic mass is 79.9. The van der Waals surface area contributed by atoms with Gasteiger partial charge in [0.25, 0.3) is 5.56 Å². The van der Waals surface area contributed by atoms with Gasteiger partial charge in [0.15, 0.2) is 5.75 Å². The van der Waals surface area contributed by atoms with Crippen LogP contribution in [0, 0.1) is 11.8 Å². The molecule has 3 nitrogen and oxygen atoms in total. The summed E-state index contributed by atoms with van der Waals surface area (Å²) in [6.45, 7) is 0. The Morgan fingerprint density at radius 1 is 1.62 bits per heavy atom. The van der Waals surface area contributed by atoms with Gasteiger partial charge in [0.1, 0.15) is 0 Å². The van der Waals surface area contributed by atoms with Crippen molar-refractivity contribution in [3.05, 3.63) is 28.2 Å². The van der Waals surface area contributed by atoms with Crippen LogP contribution in [0.3, 0.4) is 0 Å². The molecule has 0 saturated heterocycles. The average molecular weight is 242 g/mol. The van der Waals surface area contributed by atoms with Crippen molar-refractivity contribution >= 4 is 15.9 Å². The molecule has 0 radical (unpaired) electrons. The molecule has 68 valence electrons. The van der Waals surface area contributed by atoms with Crippen LogP contribution in [-0.2, 0) is 0 Å². The third kappa shape index (κ3) is 2.96. The number of aromatic hydroxyl groups is 1. The van der Waals surface area contributed by atoms with Crippen LogP contribution in [-0.4, -0.2) is 15.4 Å². The zero-order valence-electron chi connectivity index (χ0n) is 6.80. The molecule has 4 heteroatoms. The molecule has 0 aliphatic carbocycles. The topological polar surface area (TPSA) is 53.1 Å². The van der Waals surface area contributed by atoms with Crippen LogP contribution in [0.4, 0.5) is 0 Å². The number of rotatable bonds is 1. The third-order valence-corrected chi connectivity index (χ3v) is 1.73. The predicted octanol–water partition coefficient (Wildman–Crippen LogP) is 1.22. The zero-order valence-corrected chi connectivity index (χ0v) is 8.39. The van der Waals surface area contributed by atoms with E-state index in [9.17, 15) is 4.79 Å². The first-order valence-corrected chi connectivity index (χ1v) is 4.82. The maximum atomic E-state index is 10.7. The summed E-state index contributed by atoms with van der Waals surface area (Å²) < 4.78 is 0. The molecular formula is C9H8BrNO2. The first-order chi connectivity index (χ1) is 6.24. The number of H-pyrrole nitrogens is 1. The lowest BCUT2D eigenvalue weighted by molar-refractivity contribution is 0.466. The zero-order chi connectivity index (χ0) is 9.68. The quantitative estimate of drug-likeness (QED) is 0.574. The van der Waals surface area contributed by atoms with Gasteiger partial charge in [0.05, 0.1) is 0 Å². The van der Waals surface area contributed by atoms with Crippen LogP contribution >= 0.6 is 15.9 Å². The molecule has 1 rings (SSSR count). The van der Waals surface area contributed by atoms with Gasteiger partial charge in [0, 0.05) is 29.6 Å². The molecule has 0 amide bonds. The van der Waals surface area contributed by atoms with E-state index in [4.69, 9.17) is 5.11 Å². The average Bonchev–Trinajstić information content (AvgIpc) is 2.12. The molecule has 0 spiro atoms. The van der Waals surface area contributed by atoms with Crippen molar-refractivity contribution in [1.82, 2.24) is 4.98 Å². The summed E-state index contributed by atoms with van der Waals surface area (Å²) in [7, 11) is 0. The first kappa shape index (κ1) is 9.87. The molecule has 0 bridgehead atoms. The van der Waals surface area contributed by atoms with Crippen molar-refractivity contribution in [3.63, 3.8) is 0 Å². The molecule has 0 unspecified atom stereocenters. The van der Waals surface area contributed by atoms with Crippen molar-refractivity contribution < 1.29 is 5.11 Å². The van der Waals surface area contributed by atoms with Crippen LogP contribution in [0.1, 0.15) is 12.0 Å². The minimum Gasteiger partial charge on any atom is -0.503 e. The summed E-state index contributed by atoms with van der Waals surface area (Å²) >= 11 is 3.24. The second-order valence-electron chi connectivity index (χ2n) is 2.34. The fourth-order valence-corrected chi connectivity index (χ4v) is 0.954. The van der Waals surface area contributed by atoms with E-state index in [0.29, 0.717) is 5.56 Å². The van der Waals surface area contributed by atoms with Gasteiger partial charge in [-0.3, -0.25) is 4.79 Å². The van der Waals surface area contributed by atoms with Crippen LogP contribution in [0.2, 0.25) is 0 Å². The van der Waals surface area contributed by atoms with E-state index in [1.54, 1.807) is 0 Å². The van der Waals surface area contributed by atoms with E-state index in [-0.39, 0.29) is 5.75 Å². The minimum absolute atomic E-state index is 0.300. The number of hydrogen-bond acceptors (Lipinski definition) is 2. The lowest BCUT2D eigenvalue weighted by atomic mass is 10.3. The predicted molar refractivity (Wildman–Crippen MR) is 54.0 cm³/mol. The second kappa shape index (κ2) is 4.73. The maximum Gasteiger partial charge on any atom is 0.290 e. The number of hydrogen-bond donors (Lipinski definition) is 2. The van der Waals surface area contributed by atoms with Crippen molar-refractivity contribution in [2.24, 2.45) is 0 Å². The first-order valence-electron chi connectivity index (χ1n) is 3.70. The Labute approximate surface area is 83.9 Å². The highest BCUT2D eigenvalue weighted by molar-refractivity contribution is 9.09. The number of aromatic nitrogens is 1. The van der Waals surface area contributed by atoms with E-state index in [1.165, 1.54) is 12.3 Å². The molecule has 0 fully saturated rings. The second-order valence-corrected chi connectivity index (χ2v) is 3.14. The molecule has 1 heterocycles. The summed E-state index contributed by atoms with van der Waals surface area (Å²) in [5.74, 6) is 5.37. The fourth-order valence-electron chi connectivity index (χ4n) is 0.756. The molecule has 2 N–H and O–H groups in total. The molecule has 0 atom stereocenters. The Balaban J connectivity index is 2.87. The summed E-state index contributed by atoms with van der Waals surface area (Å²) in [6, 6.07) is 1.35. The van der Waals surface area contributed by atoms with Gasteiger partial charge in [-0.2, -0.15) is 0 Å². The van der Waals surface area contributed by atoms with Crippen molar-refractivity contribution in [3.8, 4) is 17.6 Å². The van der Waals surface area contributed by atoms with E-state index in [0.717, 1.165) is 11.8 Å². The van der Waals surface area contributed by atoms with Gasteiger partial charge in [-0.05, 0) is 0 Å². The van der Waals surface area contributed by atoms with E-state index >= 15 is 0 Å². The molecule has 1 aromatic heterocycles. The monoisotopic (exact) mass is 241 g/mol. The Morgan fingerprint density at radius 3 is 3.00 bits per heavy atom. The van der Waals surface area contributed by atoms with E-state index < -0.39 is 5.56 Å². The summed E-state index contributed by atoms with van der Waals surface area (Å²) in [6.07, 6.45) is 2.21. The third-order valence-electron chi connectivity index (χ3n) is 1.34. The lowest BCUT2D eigenvalue weighted by Crippen LogP contribution is -2.03. The van der Waals surface area contributed by atoms with Gasteiger partial charge >= 0.3 is 0 Å². The number of halogens is 1. The van der Waals surface area contributed by atoms with Crippen molar-refractivity contribution in [2.45, 2.75) is 6.42 Å². The Morgan fingerprint density at radius 2 is 2.38 bits per heavy atom. The number of aromatic amines is 1. The van der Waals surface area contributed by atoms with Gasteiger partial charge in [-0.25, -0.2) is 0 Å². The Hall–Kier alpha value is -1.21. The normalized spacial score (nSPS) is 9.00. The van der Waals surface area contributed by atoms with Crippen molar-refractivity contribution in [1.29, 1.82) is 0 Å². The summed E-state index contributed by atoms with van der Waals surface area (Å²) in [5, 5.41) is 9.85. The Kier molecular flexibility index (Phi) is 3.59. The number of nitrogens with one attached hydrogen (secondary N) is 1. The van der Waals surface area contributed by atoms with Crippen molar-refractivity contribution in [2.75, 3.05) is 5.33 Å². The molecule has 13 heavy (non-hydrogen) atoms. The van der Waals surface area contributed by atoms with Gasteiger partial charge < -0.3 is 10.1 Å². The summed E-state index contributed by atoms with van der Waals surface area (Å²) in [4.78, 5) is 13.1. The molecule has 0 saturated carbocycles. The highest BCUT2D eigenvalue weighted by Gasteiger charge is 1.95. The molecule has 0 aromatic carbocycles. The van der Waals surface area contributed by atoms with Gasteiger partial charge in [-0.15, -0.1) is 0 Å². The minimum atomic E-state index is -0.494. The van der Waals surface area contributed by atoms with Gasteiger partial charge in [-0.1, -0.05) is 27.8 Å². The largest absolute Gasteiger partial charge is 0.503 e. The fraction of sp³-hybridized carbons (Fsp3) is 0.222. The molecule has 0 aliphatic rings. The maximum absolute atomic E-state index is 10.7. The lowest BCUT2D eigenvalue weighted by Gasteiger charge is -1.90. The van der Waals surface area contributed by atoms with Crippen LogP contribution < -0.4 is 5.56 Å². The van der Waals surface area contributed by atoms with Crippen LogP contribution in [0.25, 0.3) is 0 Å². The van der Waals surface area contributed by atoms with Crippen LogP contribution in [0.15, 0.2) is 17.1 Å².